The monoisotopic (exact) mass is 466 g/mol. The summed E-state index contributed by atoms with van der Waals surface area (Å²) in [5.74, 6) is 5.44. The number of hydrogen-bond donors (Lipinski definition) is 2. The minimum Gasteiger partial charge on any atom is -0.496 e. The Labute approximate surface area is 192 Å². The fraction of sp³-hybridized carbons (Fsp3) is 0.167. The van der Waals surface area contributed by atoms with Crippen molar-refractivity contribution in [2.75, 3.05) is 18.9 Å². The van der Waals surface area contributed by atoms with Gasteiger partial charge < -0.3 is 14.6 Å². The summed E-state index contributed by atoms with van der Waals surface area (Å²) >= 11 is 0. The molecule has 0 amide bonds. The second-order valence-electron chi connectivity index (χ2n) is 6.99. The van der Waals surface area contributed by atoms with Crippen LogP contribution in [0.25, 0.3) is 0 Å². The summed E-state index contributed by atoms with van der Waals surface area (Å²) in [6, 6.07) is 11.1. The molecule has 0 saturated carbocycles. The number of nitrogens with zero attached hydrogens (tertiary/aromatic N) is 1. The zero-order valence-corrected chi connectivity index (χ0v) is 19.3. The maximum atomic E-state index is 13.1. The Morgan fingerprint density at radius 2 is 1.64 bits per heavy atom. The van der Waals surface area contributed by atoms with Crippen LogP contribution in [0, 0.1) is 25.7 Å². The van der Waals surface area contributed by atoms with Crippen LogP contribution in [0.4, 0.5) is 5.69 Å². The molecular weight excluding hydrogens is 444 g/mol. The van der Waals surface area contributed by atoms with Gasteiger partial charge in [-0.05, 0) is 49.2 Å². The van der Waals surface area contributed by atoms with Crippen LogP contribution in [0.1, 0.15) is 32.7 Å². The van der Waals surface area contributed by atoms with Crippen molar-refractivity contribution in [2.24, 2.45) is 0 Å². The molecule has 8 nitrogen and oxygen atoms in total. The van der Waals surface area contributed by atoms with Crippen molar-refractivity contribution in [3.05, 3.63) is 76.6 Å². The number of anilines is 1. The number of aromatic carboxylic acids is 1. The van der Waals surface area contributed by atoms with Crippen molar-refractivity contribution >= 4 is 21.7 Å². The molecule has 0 fully saturated rings. The molecule has 0 bridgehead atoms. The van der Waals surface area contributed by atoms with E-state index in [1.54, 1.807) is 44.2 Å². The minimum atomic E-state index is -3.90. The number of benzene rings is 2. The number of sulfonamides is 1. The van der Waals surface area contributed by atoms with Crippen molar-refractivity contribution in [3.63, 3.8) is 0 Å². The van der Waals surface area contributed by atoms with E-state index in [2.05, 4.69) is 21.5 Å². The van der Waals surface area contributed by atoms with Gasteiger partial charge in [0.05, 0.1) is 30.4 Å². The van der Waals surface area contributed by atoms with Gasteiger partial charge in [-0.15, -0.1) is 0 Å². The van der Waals surface area contributed by atoms with E-state index in [1.165, 1.54) is 32.5 Å². The van der Waals surface area contributed by atoms with E-state index in [0.29, 0.717) is 28.1 Å². The Bertz CT molecular complexity index is 1390. The van der Waals surface area contributed by atoms with E-state index < -0.39 is 16.0 Å². The van der Waals surface area contributed by atoms with Crippen molar-refractivity contribution in [1.29, 1.82) is 0 Å². The molecule has 33 heavy (non-hydrogen) atoms. The van der Waals surface area contributed by atoms with E-state index in [1.807, 2.05) is 0 Å². The van der Waals surface area contributed by atoms with Crippen LogP contribution in [0.3, 0.4) is 0 Å². The van der Waals surface area contributed by atoms with Gasteiger partial charge in [-0.2, -0.15) is 0 Å². The number of ether oxygens (including phenoxy) is 2. The summed E-state index contributed by atoms with van der Waals surface area (Å²) in [4.78, 5) is 15.1. The highest BCUT2D eigenvalue weighted by Gasteiger charge is 2.20. The van der Waals surface area contributed by atoms with Crippen molar-refractivity contribution in [3.8, 4) is 23.3 Å². The average Bonchev–Trinajstić information content (AvgIpc) is 2.79. The Morgan fingerprint density at radius 1 is 0.970 bits per heavy atom. The van der Waals surface area contributed by atoms with Gasteiger partial charge >= 0.3 is 5.97 Å². The van der Waals surface area contributed by atoms with E-state index in [9.17, 15) is 13.2 Å². The SMILES string of the molecule is COc1cc(C(=O)O)ncc1C#Cc1ccccc1NS(=O)(=O)c1ccc(OC)c(C)c1C. The molecule has 0 radical (unpaired) electrons. The van der Waals surface area contributed by atoms with E-state index in [0.717, 1.165) is 5.56 Å². The summed E-state index contributed by atoms with van der Waals surface area (Å²) in [5, 5.41) is 9.08. The number of rotatable bonds is 6. The van der Waals surface area contributed by atoms with Crippen LogP contribution in [-0.2, 0) is 10.0 Å². The first-order valence-electron chi connectivity index (χ1n) is 9.73. The molecule has 1 aromatic heterocycles. The molecule has 0 unspecified atom stereocenters. The summed E-state index contributed by atoms with van der Waals surface area (Å²) in [5.41, 5.74) is 2.23. The molecule has 2 N–H and O–H groups in total. The summed E-state index contributed by atoms with van der Waals surface area (Å²) in [7, 11) is -0.974. The molecule has 1 heterocycles. The number of para-hydroxylation sites is 1. The molecule has 0 saturated heterocycles. The topological polar surface area (TPSA) is 115 Å². The average molecular weight is 467 g/mol. The molecule has 0 spiro atoms. The van der Waals surface area contributed by atoms with Gasteiger partial charge in [-0.3, -0.25) is 4.72 Å². The highest BCUT2D eigenvalue weighted by Crippen LogP contribution is 2.29. The van der Waals surface area contributed by atoms with Crippen LogP contribution in [0.5, 0.6) is 11.5 Å². The van der Waals surface area contributed by atoms with Crippen LogP contribution in [0.15, 0.2) is 53.6 Å². The lowest BCUT2D eigenvalue weighted by molar-refractivity contribution is 0.0690. The number of carboxylic acids is 1. The third-order valence-corrected chi connectivity index (χ3v) is 6.52. The first-order chi connectivity index (χ1) is 15.7. The fourth-order valence-electron chi connectivity index (χ4n) is 3.12. The summed E-state index contributed by atoms with van der Waals surface area (Å²) < 4.78 is 39.3. The maximum Gasteiger partial charge on any atom is 0.354 e. The van der Waals surface area contributed by atoms with Crippen LogP contribution in [-0.4, -0.2) is 38.7 Å². The van der Waals surface area contributed by atoms with E-state index >= 15 is 0 Å². The lowest BCUT2D eigenvalue weighted by Crippen LogP contribution is -2.15. The number of nitrogens with one attached hydrogen (secondary N) is 1. The van der Waals surface area contributed by atoms with Crippen molar-refractivity contribution in [2.45, 2.75) is 18.7 Å². The third kappa shape index (κ3) is 5.07. The van der Waals surface area contributed by atoms with Gasteiger partial charge in [0, 0.05) is 17.8 Å². The van der Waals surface area contributed by atoms with Gasteiger partial charge in [0.1, 0.15) is 11.5 Å². The number of pyridine rings is 1. The number of hydrogen-bond acceptors (Lipinski definition) is 6. The number of carbonyl (C=O) groups is 1. The van der Waals surface area contributed by atoms with Crippen LogP contribution in [0.2, 0.25) is 0 Å². The fourth-order valence-corrected chi connectivity index (χ4v) is 4.50. The summed E-state index contributed by atoms with van der Waals surface area (Å²) in [6.07, 6.45) is 1.30. The second kappa shape index (κ2) is 9.63. The van der Waals surface area contributed by atoms with Gasteiger partial charge in [-0.25, -0.2) is 18.2 Å². The molecule has 170 valence electrons. The Hall–Kier alpha value is -4.03. The van der Waals surface area contributed by atoms with E-state index in [4.69, 9.17) is 14.6 Å². The molecule has 2 aromatic carbocycles. The molecular formula is C24H22N2O6S. The molecule has 0 aliphatic heterocycles. The highest BCUT2D eigenvalue weighted by atomic mass is 32.2. The van der Waals surface area contributed by atoms with Gasteiger partial charge in [0.25, 0.3) is 10.0 Å². The first kappa shape index (κ1) is 23.6. The van der Waals surface area contributed by atoms with Gasteiger partial charge in [-0.1, -0.05) is 24.0 Å². The highest BCUT2D eigenvalue weighted by molar-refractivity contribution is 7.92. The van der Waals surface area contributed by atoms with E-state index in [-0.39, 0.29) is 16.3 Å². The maximum absolute atomic E-state index is 13.1. The molecule has 0 aliphatic rings. The number of methoxy groups -OCH3 is 2. The molecule has 0 aliphatic carbocycles. The molecule has 3 rings (SSSR count). The van der Waals surface area contributed by atoms with Crippen molar-refractivity contribution in [1.82, 2.24) is 4.98 Å². The normalized spacial score (nSPS) is 10.7. The van der Waals surface area contributed by atoms with Gasteiger partial charge in [0.2, 0.25) is 0 Å². The smallest absolute Gasteiger partial charge is 0.354 e. The Morgan fingerprint density at radius 3 is 2.30 bits per heavy atom. The molecule has 0 atom stereocenters. The zero-order chi connectivity index (χ0) is 24.2. The third-order valence-electron chi connectivity index (χ3n) is 5.01. The van der Waals surface area contributed by atoms with Gasteiger partial charge in [0.15, 0.2) is 5.69 Å². The zero-order valence-electron chi connectivity index (χ0n) is 18.5. The number of aromatic nitrogens is 1. The number of carboxylic acid groups (broad SMARTS) is 1. The molecule has 3 aromatic rings. The van der Waals surface area contributed by atoms with Crippen molar-refractivity contribution < 1.29 is 27.8 Å². The largest absolute Gasteiger partial charge is 0.496 e. The quantitative estimate of drug-likeness (QED) is 0.533. The van der Waals surface area contributed by atoms with Crippen LogP contribution < -0.4 is 14.2 Å². The van der Waals surface area contributed by atoms with Crippen LogP contribution >= 0.6 is 0 Å². The first-order valence-corrected chi connectivity index (χ1v) is 11.2. The molecule has 9 heteroatoms. The lowest BCUT2D eigenvalue weighted by Gasteiger charge is -2.15. The second-order valence-corrected chi connectivity index (χ2v) is 8.64. The Kier molecular flexibility index (Phi) is 6.89. The lowest BCUT2D eigenvalue weighted by atomic mass is 10.1. The Balaban J connectivity index is 1.98. The minimum absolute atomic E-state index is 0.138. The predicted molar refractivity (Wildman–Crippen MR) is 123 cm³/mol. The summed E-state index contributed by atoms with van der Waals surface area (Å²) in [6.45, 7) is 3.52. The standard InChI is InChI=1S/C24H22N2O6S/c1-15-16(2)23(12-11-21(15)31-3)33(29,30)26-19-8-6-5-7-17(19)9-10-18-14-25-20(24(27)28)13-22(18)32-4/h5-8,11-14,26H,1-4H3,(H,27,28). The predicted octanol–water partition coefficient (Wildman–Crippen LogP) is 3.61.